The van der Waals surface area contributed by atoms with Gasteiger partial charge in [0.05, 0.1) is 26.9 Å². The normalized spacial score (nSPS) is 10.4. The summed E-state index contributed by atoms with van der Waals surface area (Å²) in [4.78, 5) is 42.9. The molecule has 34 heavy (non-hydrogen) atoms. The second kappa shape index (κ2) is 11.5. The zero-order valence-electron chi connectivity index (χ0n) is 18.6. The minimum absolute atomic E-state index is 0.0988. The fourth-order valence-electron chi connectivity index (χ4n) is 3.48. The molecular formula is C22H24N4O8. The van der Waals surface area contributed by atoms with E-state index in [-0.39, 0.29) is 5.56 Å². The van der Waals surface area contributed by atoms with Crippen molar-refractivity contribution in [2.75, 3.05) is 0 Å². The monoisotopic (exact) mass is 472 g/mol. The van der Waals surface area contributed by atoms with Crippen molar-refractivity contribution in [1.82, 2.24) is 4.98 Å². The predicted octanol–water partition coefficient (Wildman–Crippen LogP) is 4.94. The van der Waals surface area contributed by atoms with Gasteiger partial charge in [-0.25, -0.2) is 0 Å². The van der Waals surface area contributed by atoms with E-state index < -0.39 is 37.6 Å². The average Bonchev–Trinajstić information content (AvgIpc) is 2.79. The molecule has 0 amide bonds. The van der Waals surface area contributed by atoms with Crippen molar-refractivity contribution in [2.45, 2.75) is 46.0 Å². The number of aryl methyl sites for hydroxylation is 1. The Morgan fingerprint density at radius 1 is 0.853 bits per heavy atom. The summed E-state index contributed by atoms with van der Waals surface area (Å²) >= 11 is 0. The van der Waals surface area contributed by atoms with Gasteiger partial charge in [-0.15, -0.1) is 0 Å². The van der Waals surface area contributed by atoms with Crippen LogP contribution in [0.15, 0.2) is 41.2 Å². The number of rotatable bonds is 8. The van der Waals surface area contributed by atoms with Crippen LogP contribution < -0.4 is 5.56 Å². The van der Waals surface area contributed by atoms with Gasteiger partial charge in [-0.3, -0.25) is 35.1 Å². The minimum atomic E-state index is -1.21. The maximum absolute atomic E-state index is 12.2. The molecule has 0 aliphatic carbocycles. The summed E-state index contributed by atoms with van der Waals surface area (Å²) in [6.07, 6.45) is 5.20. The molecule has 0 spiro atoms. The Bertz CT molecular complexity index is 1250. The SMILES string of the molecule is CCCCc1c(CCC)c(=O)[nH]c2ccccc12.O=[N+]([O-])c1cc([N+](=O)[O-])c(O)c([N+](=O)[O-])c1. The maximum atomic E-state index is 12.2. The van der Waals surface area contributed by atoms with Gasteiger partial charge in [-0.2, -0.15) is 0 Å². The molecule has 0 atom stereocenters. The molecule has 0 unspecified atom stereocenters. The lowest BCUT2D eigenvalue weighted by atomic mass is 9.96. The number of fused-ring (bicyclic) bond motifs is 1. The number of hydrogen-bond acceptors (Lipinski definition) is 8. The molecule has 0 fully saturated rings. The van der Waals surface area contributed by atoms with Crippen molar-refractivity contribution in [3.05, 3.63) is 88.2 Å². The largest absolute Gasteiger partial charge is 0.497 e. The lowest BCUT2D eigenvalue weighted by molar-refractivity contribution is -0.404. The van der Waals surface area contributed by atoms with Gasteiger partial charge in [0.1, 0.15) is 0 Å². The molecule has 12 heteroatoms. The Morgan fingerprint density at radius 2 is 1.44 bits per heavy atom. The van der Waals surface area contributed by atoms with Crippen LogP contribution in [0, 0.1) is 30.3 Å². The summed E-state index contributed by atoms with van der Waals surface area (Å²) < 4.78 is 0. The fourth-order valence-corrected chi connectivity index (χ4v) is 3.48. The zero-order chi connectivity index (χ0) is 25.4. The number of phenolic OH excluding ortho intramolecular Hbond substituents is 1. The number of H-pyrrole nitrogens is 1. The Balaban J connectivity index is 0.000000242. The molecule has 0 saturated carbocycles. The van der Waals surface area contributed by atoms with Crippen molar-refractivity contribution in [1.29, 1.82) is 0 Å². The van der Waals surface area contributed by atoms with Gasteiger partial charge in [-0.05, 0) is 30.9 Å². The molecule has 0 aliphatic heterocycles. The van der Waals surface area contributed by atoms with Crippen LogP contribution in [0.25, 0.3) is 10.9 Å². The van der Waals surface area contributed by atoms with Crippen molar-refractivity contribution >= 4 is 28.0 Å². The van der Waals surface area contributed by atoms with Gasteiger partial charge in [0.15, 0.2) is 0 Å². The molecule has 0 radical (unpaired) electrons. The Labute approximate surface area is 193 Å². The summed E-state index contributed by atoms with van der Waals surface area (Å²) in [7, 11) is 0. The van der Waals surface area contributed by atoms with Crippen LogP contribution in [0.4, 0.5) is 17.1 Å². The van der Waals surface area contributed by atoms with Crippen LogP contribution >= 0.6 is 0 Å². The standard InChI is InChI=1S/C16H21NO.C6H3N3O7/c1-3-5-9-12-13-10-6-7-11-15(13)17-16(18)14(12)8-4-2;10-6-4(8(13)14)1-3(7(11)12)2-5(6)9(15)16/h6-7,10-11H,3-5,8-9H2,1-2H3,(H,17,18);1-2,10H. The summed E-state index contributed by atoms with van der Waals surface area (Å²) in [6.45, 7) is 4.31. The van der Waals surface area contributed by atoms with Crippen LogP contribution in [-0.4, -0.2) is 24.9 Å². The maximum Gasteiger partial charge on any atom is 0.324 e. The Morgan fingerprint density at radius 3 is 1.94 bits per heavy atom. The van der Waals surface area contributed by atoms with Crippen LogP contribution in [0.5, 0.6) is 5.75 Å². The zero-order valence-corrected chi connectivity index (χ0v) is 18.6. The number of non-ortho nitro benzene ring substituents is 1. The third-order valence-corrected chi connectivity index (χ3v) is 5.08. The molecule has 180 valence electrons. The molecule has 3 rings (SSSR count). The number of pyridine rings is 1. The molecule has 2 N–H and O–H groups in total. The number of nitro groups is 3. The van der Waals surface area contributed by atoms with Crippen molar-refractivity contribution in [2.24, 2.45) is 0 Å². The summed E-state index contributed by atoms with van der Waals surface area (Å²) in [5.74, 6) is -1.21. The van der Waals surface area contributed by atoms with E-state index in [1.807, 2.05) is 18.2 Å². The van der Waals surface area contributed by atoms with Gasteiger partial charge < -0.3 is 10.1 Å². The highest BCUT2D eigenvalue weighted by atomic mass is 16.6. The van der Waals surface area contributed by atoms with Crippen molar-refractivity contribution in [3.63, 3.8) is 0 Å². The number of aromatic hydroxyl groups is 1. The number of nitrogens with zero attached hydrogens (tertiary/aromatic N) is 3. The first-order valence-corrected chi connectivity index (χ1v) is 10.5. The van der Waals surface area contributed by atoms with Crippen molar-refractivity contribution < 1.29 is 19.9 Å². The van der Waals surface area contributed by atoms with Gasteiger partial charge in [0.2, 0.25) is 0 Å². The fraction of sp³-hybridized carbons (Fsp3) is 0.318. The van der Waals surface area contributed by atoms with Gasteiger partial charge in [-0.1, -0.05) is 44.9 Å². The first kappa shape index (κ1) is 25.9. The molecule has 3 aromatic rings. The second-order valence-corrected chi connectivity index (χ2v) is 7.41. The average molecular weight is 472 g/mol. The third kappa shape index (κ3) is 5.91. The number of phenols is 1. The lowest BCUT2D eigenvalue weighted by Crippen LogP contribution is -2.16. The van der Waals surface area contributed by atoms with E-state index in [0.717, 1.165) is 43.2 Å². The van der Waals surface area contributed by atoms with Gasteiger partial charge in [0.25, 0.3) is 17.0 Å². The number of nitrogens with one attached hydrogen (secondary N) is 1. The van der Waals surface area contributed by atoms with Crippen LogP contribution in [0.2, 0.25) is 0 Å². The van der Waals surface area contributed by atoms with Gasteiger partial charge in [0, 0.05) is 16.5 Å². The molecular weight excluding hydrogens is 448 g/mol. The van der Waals surface area contributed by atoms with E-state index >= 15 is 0 Å². The summed E-state index contributed by atoms with van der Waals surface area (Å²) in [5.41, 5.74) is 0.316. The van der Waals surface area contributed by atoms with Gasteiger partial charge >= 0.3 is 11.4 Å². The number of unbranched alkanes of at least 4 members (excludes halogenated alkanes) is 1. The number of nitro benzene ring substituents is 3. The third-order valence-electron chi connectivity index (χ3n) is 5.08. The van der Waals surface area contributed by atoms with E-state index in [4.69, 9.17) is 5.11 Å². The van der Waals surface area contributed by atoms with Crippen LogP contribution in [0.1, 0.15) is 44.2 Å². The van der Waals surface area contributed by atoms with E-state index in [0.29, 0.717) is 12.1 Å². The topological polar surface area (TPSA) is 183 Å². The highest BCUT2D eigenvalue weighted by Gasteiger charge is 2.30. The first-order chi connectivity index (χ1) is 16.1. The minimum Gasteiger partial charge on any atom is -0.497 e. The quantitative estimate of drug-likeness (QED) is 0.341. The molecule has 1 heterocycles. The predicted molar refractivity (Wildman–Crippen MR) is 125 cm³/mol. The smallest absolute Gasteiger partial charge is 0.324 e. The number of benzene rings is 2. The lowest BCUT2D eigenvalue weighted by Gasteiger charge is -2.11. The number of para-hydroxylation sites is 1. The highest BCUT2D eigenvalue weighted by molar-refractivity contribution is 5.83. The Hall–Kier alpha value is -4.35. The molecule has 12 nitrogen and oxygen atoms in total. The van der Waals surface area contributed by atoms with E-state index in [1.54, 1.807) is 0 Å². The summed E-state index contributed by atoms with van der Waals surface area (Å²) in [6, 6.07) is 9.02. The van der Waals surface area contributed by atoms with Crippen molar-refractivity contribution in [3.8, 4) is 5.75 Å². The number of aromatic amines is 1. The highest BCUT2D eigenvalue weighted by Crippen LogP contribution is 2.38. The van der Waals surface area contributed by atoms with E-state index in [2.05, 4.69) is 24.9 Å². The van der Waals surface area contributed by atoms with E-state index in [1.165, 1.54) is 10.9 Å². The first-order valence-electron chi connectivity index (χ1n) is 10.5. The molecule has 0 aliphatic rings. The summed E-state index contributed by atoms with van der Waals surface area (Å²) in [5, 5.41) is 41.4. The molecule has 1 aromatic heterocycles. The second-order valence-electron chi connectivity index (χ2n) is 7.41. The molecule has 0 bridgehead atoms. The number of aromatic nitrogens is 1. The van der Waals surface area contributed by atoms with Crippen LogP contribution in [0.3, 0.4) is 0 Å². The molecule has 0 saturated heterocycles. The van der Waals surface area contributed by atoms with Crippen LogP contribution in [-0.2, 0) is 12.8 Å². The Kier molecular flexibility index (Phi) is 8.76. The number of hydrogen-bond donors (Lipinski definition) is 2. The molecule has 2 aromatic carbocycles. The van der Waals surface area contributed by atoms with E-state index in [9.17, 15) is 35.1 Å².